The summed E-state index contributed by atoms with van der Waals surface area (Å²) in [6.45, 7) is 24.6. The average molecular weight is 738 g/mol. The molecule has 0 spiro atoms. The van der Waals surface area contributed by atoms with Crippen LogP contribution < -0.4 is 16.0 Å². The molecular formula is C48H71N3O3. The number of hydrogen-bond donors (Lipinski definition) is 3. The van der Waals surface area contributed by atoms with Gasteiger partial charge in [0.05, 0.1) is 0 Å². The van der Waals surface area contributed by atoms with Crippen molar-refractivity contribution in [2.45, 2.75) is 140 Å². The molecule has 6 nitrogen and oxygen atoms in total. The Balaban J connectivity index is 1.84. The Hall–Kier alpha value is -4.19. The van der Waals surface area contributed by atoms with Crippen LogP contribution in [-0.2, 0) is 14.4 Å². The molecule has 3 amide bonds. The fourth-order valence-electron chi connectivity index (χ4n) is 7.29. The summed E-state index contributed by atoms with van der Waals surface area (Å²) in [6, 6.07) is -0.649. The van der Waals surface area contributed by atoms with Crippen LogP contribution in [0.15, 0.2) is 117 Å². The van der Waals surface area contributed by atoms with Gasteiger partial charge in [0, 0.05) is 25.2 Å². The highest BCUT2D eigenvalue weighted by Gasteiger charge is 2.27. The molecule has 0 saturated heterocycles. The van der Waals surface area contributed by atoms with Gasteiger partial charge in [-0.05, 0) is 139 Å². The minimum atomic E-state index is -0.649. The topological polar surface area (TPSA) is 87.3 Å². The third-order valence-electron chi connectivity index (χ3n) is 10.5. The van der Waals surface area contributed by atoms with Crippen LogP contribution in [0.1, 0.15) is 134 Å². The quantitative estimate of drug-likeness (QED) is 0.0743. The molecule has 0 aliphatic heterocycles. The van der Waals surface area contributed by atoms with Crippen LogP contribution >= 0.6 is 0 Å². The molecule has 0 aromatic heterocycles. The van der Waals surface area contributed by atoms with E-state index in [2.05, 4.69) is 102 Å². The standard InChI is InChI=1S/C48H71N3O3/c1-12-49-46(54)43(51-45(53)34-38(5)22-16-20-36(3)27-29-42-40(7)24-18-31-48(42,10)11)25-13-14-32-50-44(52)33-37(4)21-15-19-35(2)26-28-41-39(6)23-17-30-47(41,8)9/h15-16,19-22,26-29,33-34,43H,12-14,17-18,23-25,30-32H2,1-11H3,(H,49,54)(H,50,52)(H,51,53). The van der Waals surface area contributed by atoms with Crippen molar-refractivity contribution in [1.29, 1.82) is 0 Å². The van der Waals surface area contributed by atoms with Gasteiger partial charge >= 0.3 is 0 Å². The predicted molar refractivity (Wildman–Crippen MR) is 230 cm³/mol. The molecule has 0 aromatic rings. The maximum atomic E-state index is 12.9. The zero-order chi connectivity index (χ0) is 40.3. The van der Waals surface area contributed by atoms with Crippen LogP contribution in [0.4, 0.5) is 0 Å². The highest BCUT2D eigenvalue weighted by Crippen LogP contribution is 2.41. The third-order valence-corrected chi connectivity index (χ3v) is 10.5. The van der Waals surface area contributed by atoms with E-state index in [0.29, 0.717) is 32.4 Å². The van der Waals surface area contributed by atoms with Crippen molar-refractivity contribution in [3.63, 3.8) is 0 Å². The summed E-state index contributed by atoms with van der Waals surface area (Å²) in [4.78, 5) is 38.1. The molecule has 1 unspecified atom stereocenters. The molecule has 0 heterocycles. The average Bonchev–Trinajstić information content (AvgIpc) is 3.06. The van der Waals surface area contributed by atoms with Gasteiger partial charge in [-0.15, -0.1) is 0 Å². The summed E-state index contributed by atoms with van der Waals surface area (Å²) in [5.74, 6) is -0.660. The molecule has 2 aliphatic carbocycles. The van der Waals surface area contributed by atoms with E-state index in [1.165, 1.54) is 66.9 Å². The first kappa shape index (κ1) is 46.0. The monoisotopic (exact) mass is 738 g/mol. The predicted octanol–water partition coefficient (Wildman–Crippen LogP) is 11.0. The van der Waals surface area contributed by atoms with Crippen LogP contribution in [0.3, 0.4) is 0 Å². The maximum absolute atomic E-state index is 12.9. The van der Waals surface area contributed by atoms with Crippen LogP contribution in [0.5, 0.6) is 0 Å². The van der Waals surface area contributed by atoms with Crippen molar-refractivity contribution in [2.24, 2.45) is 10.8 Å². The summed E-state index contributed by atoms with van der Waals surface area (Å²) in [5.41, 5.74) is 10.2. The molecule has 0 radical (unpaired) electrons. The largest absolute Gasteiger partial charge is 0.355 e. The summed E-state index contributed by atoms with van der Waals surface area (Å²) in [7, 11) is 0. The van der Waals surface area contributed by atoms with Gasteiger partial charge in [-0.1, -0.05) is 111 Å². The molecule has 0 aromatic carbocycles. The van der Waals surface area contributed by atoms with Gasteiger partial charge in [-0.25, -0.2) is 0 Å². The maximum Gasteiger partial charge on any atom is 0.244 e. The molecule has 0 saturated carbocycles. The molecular weight excluding hydrogens is 667 g/mol. The fourth-order valence-corrected chi connectivity index (χ4v) is 7.29. The summed E-state index contributed by atoms with van der Waals surface area (Å²) in [5, 5.41) is 8.64. The lowest BCUT2D eigenvalue weighted by Crippen LogP contribution is -2.46. The lowest BCUT2D eigenvalue weighted by Gasteiger charge is -2.33. The summed E-state index contributed by atoms with van der Waals surface area (Å²) in [6.07, 6.45) is 33.0. The Morgan fingerprint density at radius 3 is 1.61 bits per heavy atom. The molecule has 2 aliphatic rings. The Bertz CT molecular complexity index is 1630. The number of hydrogen-bond acceptors (Lipinski definition) is 3. The first-order valence-electron chi connectivity index (χ1n) is 20.1. The Morgan fingerprint density at radius 2 is 1.15 bits per heavy atom. The summed E-state index contributed by atoms with van der Waals surface area (Å²) >= 11 is 0. The van der Waals surface area contributed by atoms with E-state index in [9.17, 15) is 14.4 Å². The van der Waals surface area contributed by atoms with Crippen LogP contribution in [0.25, 0.3) is 0 Å². The molecule has 3 N–H and O–H groups in total. The van der Waals surface area contributed by atoms with E-state index < -0.39 is 6.04 Å². The molecule has 54 heavy (non-hydrogen) atoms. The number of carbonyl (C=O) groups is 3. The normalized spacial score (nSPS) is 19.4. The summed E-state index contributed by atoms with van der Waals surface area (Å²) < 4.78 is 0. The number of unbranched alkanes of at least 4 members (excludes halogenated alkanes) is 1. The van der Waals surface area contributed by atoms with Gasteiger partial charge in [0.25, 0.3) is 0 Å². The number of allylic oxidation sites excluding steroid dienone is 18. The molecule has 296 valence electrons. The molecule has 1 atom stereocenters. The minimum absolute atomic E-state index is 0.149. The van der Waals surface area contributed by atoms with Crippen LogP contribution in [-0.4, -0.2) is 36.9 Å². The molecule has 6 heteroatoms. The van der Waals surface area contributed by atoms with Crippen molar-refractivity contribution in [3.8, 4) is 0 Å². The van der Waals surface area contributed by atoms with Crippen molar-refractivity contribution in [1.82, 2.24) is 16.0 Å². The van der Waals surface area contributed by atoms with E-state index >= 15 is 0 Å². The van der Waals surface area contributed by atoms with E-state index in [0.717, 1.165) is 22.3 Å². The number of nitrogens with one attached hydrogen (secondary N) is 3. The van der Waals surface area contributed by atoms with Gasteiger partial charge < -0.3 is 16.0 Å². The van der Waals surface area contributed by atoms with Crippen molar-refractivity contribution in [3.05, 3.63) is 117 Å². The van der Waals surface area contributed by atoms with Gasteiger partial charge in [0.1, 0.15) is 6.04 Å². The number of rotatable bonds is 18. The van der Waals surface area contributed by atoms with Gasteiger partial charge in [0.15, 0.2) is 0 Å². The fraction of sp³-hybridized carbons (Fsp3) is 0.521. The van der Waals surface area contributed by atoms with E-state index in [1.807, 2.05) is 51.2 Å². The molecule has 0 bridgehead atoms. The highest BCUT2D eigenvalue weighted by molar-refractivity contribution is 5.93. The molecule has 0 fully saturated rings. The van der Waals surface area contributed by atoms with E-state index in [4.69, 9.17) is 0 Å². The SMILES string of the molecule is CCNC(=O)C(CCCCNC(=O)C=C(C)C=CC=C(C)C=CC1=C(C)CCCC1(C)C)NC(=O)C=C(C)C=CC=C(C)C=CC1=C(C)CCCC1(C)C. The second-order valence-electron chi connectivity index (χ2n) is 16.6. The number of carbonyl (C=O) groups excluding carboxylic acids is 3. The smallest absolute Gasteiger partial charge is 0.244 e. The van der Waals surface area contributed by atoms with E-state index in [-0.39, 0.29) is 28.6 Å². The third kappa shape index (κ3) is 16.9. The van der Waals surface area contributed by atoms with Crippen molar-refractivity contribution in [2.75, 3.05) is 13.1 Å². The Morgan fingerprint density at radius 1 is 0.667 bits per heavy atom. The molecule has 2 rings (SSSR count). The first-order valence-corrected chi connectivity index (χ1v) is 20.1. The van der Waals surface area contributed by atoms with Crippen molar-refractivity contribution >= 4 is 17.7 Å². The van der Waals surface area contributed by atoms with Crippen LogP contribution in [0.2, 0.25) is 0 Å². The van der Waals surface area contributed by atoms with E-state index in [1.54, 1.807) is 6.08 Å². The zero-order valence-electron chi connectivity index (χ0n) is 35.5. The second kappa shape index (κ2) is 22.9. The lowest BCUT2D eigenvalue weighted by molar-refractivity contribution is -0.127. The lowest BCUT2D eigenvalue weighted by atomic mass is 9.72. The minimum Gasteiger partial charge on any atom is -0.355 e. The second-order valence-corrected chi connectivity index (χ2v) is 16.6. The first-order chi connectivity index (χ1) is 25.4. The Kier molecular flexibility index (Phi) is 19.5. The highest BCUT2D eigenvalue weighted by atomic mass is 16.2. The van der Waals surface area contributed by atoms with Gasteiger partial charge in [-0.3, -0.25) is 14.4 Å². The van der Waals surface area contributed by atoms with Crippen LogP contribution in [0, 0.1) is 10.8 Å². The zero-order valence-corrected chi connectivity index (χ0v) is 35.5. The van der Waals surface area contributed by atoms with Crippen molar-refractivity contribution < 1.29 is 14.4 Å². The Labute approximate surface area is 328 Å². The number of amides is 3. The van der Waals surface area contributed by atoms with Gasteiger partial charge in [0.2, 0.25) is 17.7 Å². The number of likely N-dealkylation sites (N-methyl/N-ethyl adjacent to an activating group) is 1. The van der Waals surface area contributed by atoms with Gasteiger partial charge in [-0.2, -0.15) is 0 Å².